The van der Waals surface area contributed by atoms with Gasteiger partial charge in [-0.25, -0.2) is 0 Å². The summed E-state index contributed by atoms with van der Waals surface area (Å²) in [5, 5.41) is 0. The Kier molecular flexibility index (Phi) is 6.98. The Balaban J connectivity index is 1.47. The van der Waals surface area contributed by atoms with Crippen LogP contribution in [0, 0.1) is 0 Å². The van der Waals surface area contributed by atoms with Gasteiger partial charge in [0.2, 0.25) is 0 Å². The number of methoxy groups -OCH3 is 1. The summed E-state index contributed by atoms with van der Waals surface area (Å²) in [6.07, 6.45) is 6.28. The van der Waals surface area contributed by atoms with Gasteiger partial charge in [0.05, 0.1) is 7.11 Å². The minimum absolute atomic E-state index is 0.744. The molecule has 0 radical (unpaired) electrons. The highest BCUT2D eigenvalue weighted by atomic mass is 16.5. The molecule has 2 saturated heterocycles. The number of hydrogen-bond acceptors (Lipinski definition) is 4. The highest BCUT2D eigenvalue weighted by Gasteiger charge is 2.27. The van der Waals surface area contributed by atoms with E-state index in [2.05, 4.69) is 58.9 Å². The summed E-state index contributed by atoms with van der Waals surface area (Å²) in [7, 11) is 1.72. The van der Waals surface area contributed by atoms with Gasteiger partial charge in [-0.1, -0.05) is 11.6 Å². The first-order chi connectivity index (χ1) is 12.7. The molecule has 0 saturated carbocycles. The van der Waals surface area contributed by atoms with Gasteiger partial charge in [0, 0.05) is 51.0 Å². The second-order valence-corrected chi connectivity index (χ2v) is 7.89. The zero-order valence-electron chi connectivity index (χ0n) is 16.8. The fourth-order valence-corrected chi connectivity index (χ4v) is 4.21. The van der Waals surface area contributed by atoms with Gasteiger partial charge in [0.25, 0.3) is 0 Å². The molecular formula is C22H35N3O. The minimum Gasteiger partial charge on any atom is -0.497 e. The van der Waals surface area contributed by atoms with Crippen LogP contribution >= 0.6 is 0 Å². The fourth-order valence-electron chi connectivity index (χ4n) is 4.21. The topological polar surface area (TPSA) is 19.0 Å². The lowest BCUT2D eigenvalue weighted by Gasteiger charge is -2.44. The molecule has 0 N–H and O–H groups in total. The first-order valence-corrected chi connectivity index (χ1v) is 10.1. The molecule has 2 fully saturated rings. The molecule has 3 rings (SSSR count). The van der Waals surface area contributed by atoms with Crippen molar-refractivity contribution in [3.63, 3.8) is 0 Å². The molecule has 2 heterocycles. The molecule has 2 aliphatic heterocycles. The number of piperidine rings is 1. The van der Waals surface area contributed by atoms with Crippen molar-refractivity contribution in [2.75, 3.05) is 57.8 Å². The number of allylic oxidation sites excluding steroid dienone is 1. The number of nitrogens with zero attached hydrogens (tertiary/aromatic N) is 3. The van der Waals surface area contributed by atoms with Gasteiger partial charge < -0.3 is 14.5 Å². The number of anilines is 1. The van der Waals surface area contributed by atoms with Gasteiger partial charge in [-0.15, -0.1) is 0 Å². The third-order valence-electron chi connectivity index (χ3n) is 5.75. The van der Waals surface area contributed by atoms with Crippen molar-refractivity contribution >= 4 is 5.69 Å². The van der Waals surface area contributed by atoms with Crippen LogP contribution in [0.15, 0.2) is 35.9 Å². The normalized spacial score (nSPS) is 22.3. The third-order valence-corrected chi connectivity index (χ3v) is 5.75. The van der Waals surface area contributed by atoms with Crippen LogP contribution in [0.1, 0.15) is 33.1 Å². The van der Waals surface area contributed by atoms with E-state index in [0.717, 1.165) is 24.9 Å². The number of hydrogen-bond donors (Lipinski definition) is 0. The monoisotopic (exact) mass is 357 g/mol. The van der Waals surface area contributed by atoms with E-state index in [1.807, 2.05) is 0 Å². The smallest absolute Gasteiger partial charge is 0.119 e. The second kappa shape index (κ2) is 9.43. The number of ether oxygens (including phenoxy) is 1. The lowest BCUT2D eigenvalue weighted by Crippen LogP contribution is -2.55. The van der Waals surface area contributed by atoms with E-state index >= 15 is 0 Å². The van der Waals surface area contributed by atoms with Crippen molar-refractivity contribution in [3.8, 4) is 5.75 Å². The Bertz CT molecular complexity index is 572. The molecule has 144 valence electrons. The van der Waals surface area contributed by atoms with Crippen LogP contribution < -0.4 is 9.64 Å². The Hall–Kier alpha value is -1.52. The van der Waals surface area contributed by atoms with E-state index in [1.54, 1.807) is 7.11 Å². The predicted molar refractivity (Wildman–Crippen MR) is 110 cm³/mol. The maximum atomic E-state index is 5.27. The molecule has 0 amide bonds. The molecule has 4 nitrogen and oxygen atoms in total. The highest BCUT2D eigenvalue weighted by molar-refractivity contribution is 5.49. The first-order valence-electron chi connectivity index (χ1n) is 10.1. The summed E-state index contributed by atoms with van der Waals surface area (Å²) in [5.41, 5.74) is 2.76. The van der Waals surface area contributed by atoms with Crippen molar-refractivity contribution in [2.45, 2.75) is 39.2 Å². The minimum atomic E-state index is 0.744. The first kappa shape index (κ1) is 19.2. The summed E-state index contributed by atoms with van der Waals surface area (Å²) >= 11 is 0. The van der Waals surface area contributed by atoms with Gasteiger partial charge in [-0.3, -0.25) is 4.90 Å². The van der Waals surface area contributed by atoms with Crippen molar-refractivity contribution in [1.29, 1.82) is 0 Å². The van der Waals surface area contributed by atoms with Crippen LogP contribution in [0.5, 0.6) is 5.75 Å². The van der Waals surface area contributed by atoms with Crippen molar-refractivity contribution in [3.05, 3.63) is 35.9 Å². The lowest BCUT2D eigenvalue weighted by atomic mass is 10.0. The number of benzene rings is 1. The third kappa shape index (κ3) is 5.24. The fraction of sp³-hybridized carbons (Fsp3) is 0.636. The maximum absolute atomic E-state index is 5.27. The Morgan fingerprint density at radius 3 is 2.46 bits per heavy atom. The van der Waals surface area contributed by atoms with E-state index < -0.39 is 0 Å². The van der Waals surface area contributed by atoms with Crippen molar-refractivity contribution < 1.29 is 4.74 Å². The molecule has 4 heteroatoms. The van der Waals surface area contributed by atoms with E-state index in [-0.39, 0.29) is 0 Å². The summed E-state index contributed by atoms with van der Waals surface area (Å²) in [6, 6.07) is 9.23. The molecule has 2 aliphatic rings. The number of rotatable bonds is 6. The van der Waals surface area contributed by atoms with Gasteiger partial charge in [-0.05, 0) is 63.9 Å². The molecule has 0 aliphatic carbocycles. The quantitative estimate of drug-likeness (QED) is 0.724. The average molecular weight is 358 g/mol. The molecular weight excluding hydrogens is 322 g/mol. The lowest BCUT2D eigenvalue weighted by molar-refractivity contribution is 0.0936. The van der Waals surface area contributed by atoms with Gasteiger partial charge in [0.15, 0.2) is 0 Å². The number of likely N-dealkylation sites (tertiary alicyclic amines) is 1. The van der Waals surface area contributed by atoms with Crippen LogP contribution in [-0.2, 0) is 0 Å². The van der Waals surface area contributed by atoms with Gasteiger partial charge in [0.1, 0.15) is 5.75 Å². The zero-order chi connectivity index (χ0) is 18.4. The zero-order valence-corrected chi connectivity index (χ0v) is 16.8. The van der Waals surface area contributed by atoms with Gasteiger partial charge in [-0.2, -0.15) is 0 Å². The maximum Gasteiger partial charge on any atom is 0.119 e. The molecule has 0 aromatic heterocycles. The Morgan fingerprint density at radius 1 is 1.08 bits per heavy atom. The molecule has 1 aromatic rings. The summed E-state index contributed by atoms with van der Waals surface area (Å²) in [5.74, 6) is 0.933. The molecule has 26 heavy (non-hydrogen) atoms. The van der Waals surface area contributed by atoms with Crippen LogP contribution in [0.4, 0.5) is 5.69 Å². The molecule has 0 unspecified atom stereocenters. The van der Waals surface area contributed by atoms with E-state index in [4.69, 9.17) is 4.74 Å². The van der Waals surface area contributed by atoms with Crippen LogP contribution in [0.25, 0.3) is 0 Å². The molecule has 1 aromatic carbocycles. The predicted octanol–water partition coefficient (Wildman–Crippen LogP) is 3.64. The Morgan fingerprint density at radius 2 is 1.81 bits per heavy atom. The Labute approximate surface area is 159 Å². The van der Waals surface area contributed by atoms with Crippen molar-refractivity contribution in [1.82, 2.24) is 9.80 Å². The van der Waals surface area contributed by atoms with E-state index in [1.165, 1.54) is 63.2 Å². The van der Waals surface area contributed by atoms with Crippen LogP contribution in [-0.4, -0.2) is 68.8 Å². The van der Waals surface area contributed by atoms with E-state index in [0.29, 0.717) is 0 Å². The average Bonchev–Trinajstić information content (AvgIpc) is 2.68. The molecule has 1 atom stereocenters. The van der Waals surface area contributed by atoms with Gasteiger partial charge >= 0.3 is 0 Å². The molecule has 0 spiro atoms. The van der Waals surface area contributed by atoms with Crippen LogP contribution in [0.3, 0.4) is 0 Å². The summed E-state index contributed by atoms with van der Waals surface area (Å²) in [6.45, 7) is 12.7. The highest BCUT2D eigenvalue weighted by Crippen LogP contribution is 2.23. The summed E-state index contributed by atoms with van der Waals surface area (Å²) in [4.78, 5) is 7.90. The molecule has 0 bridgehead atoms. The number of piperazine rings is 1. The summed E-state index contributed by atoms with van der Waals surface area (Å²) < 4.78 is 5.27. The second-order valence-electron chi connectivity index (χ2n) is 7.89. The standard InChI is InChI=1S/C22H35N3O/c1-19(2)6-4-12-23-13-5-7-21(18-23)25-16-14-24(15-17-25)20-8-10-22(26-3)11-9-20/h6,8-11,21H,4-5,7,12-18H2,1-3H3/t21-/m1/s1. The van der Waals surface area contributed by atoms with Crippen molar-refractivity contribution in [2.24, 2.45) is 0 Å². The largest absolute Gasteiger partial charge is 0.497 e. The SMILES string of the molecule is COc1ccc(N2CCN([C@@H]3CCCN(CCC=C(C)C)C3)CC2)cc1. The van der Waals surface area contributed by atoms with E-state index in [9.17, 15) is 0 Å². The van der Waals surface area contributed by atoms with Crippen LogP contribution in [0.2, 0.25) is 0 Å².